The molecular formula is C27H34Cl2O2. The zero-order chi connectivity index (χ0) is 23.9. The molecule has 0 bridgehead atoms. The number of allylic oxidation sites excluding steroid dienone is 3. The first-order valence-electron chi connectivity index (χ1n) is 10.5. The summed E-state index contributed by atoms with van der Waals surface area (Å²) >= 11 is 12.9. The molecule has 0 spiro atoms. The van der Waals surface area contributed by atoms with Crippen LogP contribution in [0.25, 0.3) is 11.1 Å². The number of hydrogen-bond donors (Lipinski definition) is 2. The molecular weight excluding hydrogens is 427 g/mol. The predicted molar refractivity (Wildman–Crippen MR) is 135 cm³/mol. The minimum atomic E-state index is -0.251. The molecule has 0 heterocycles. The fourth-order valence-electron chi connectivity index (χ4n) is 3.82. The van der Waals surface area contributed by atoms with E-state index in [-0.39, 0.29) is 15.3 Å². The first kappa shape index (κ1) is 25.4. The maximum Gasteiger partial charge on any atom is 0.122 e. The minimum absolute atomic E-state index is 0.154. The molecule has 2 nitrogen and oxygen atoms in total. The highest BCUT2D eigenvalue weighted by molar-refractivity contribution is 6.60. The second-order valence-corrected chi connectivity index (χ2v) is 11.2. The van der Waals surface area contributed by atoms with Crippen LogP contribution in [0.5, 0.6) is 11.5 Å². The van der Waals surface area contributed by atoms with E-state index in [0.717, 1.165) is 39.0 Å². The SMILES string of the molecule is CC=C(C(=C(Cl)Cl)c1cc(C)c(O)c(C(C)(C)C)c1)c1cc(C)c(O)c(C(C)(C)C)c1. The van der Waals surface area contributed by atoms with Crippen LogP contribution in [0, 0.1) is 13.8 Å². The van der Waals surface area contributed by atoms with Crippen LogP contribution in [0.4, 0.5) is 0 Å². The quantitative estimate of drug-likeness (QED) is 0.450. The highest BCUT2D eigenvalue weighted by atomic mass is 35.5. The van der Waals surface area contributed by atoms with Crippen molar-refractivity contribution in [1.82, 2.24) is 0 Å². The third-order valence-electron chi connectivity index (χ3n) is 5.56. The number of phenols is 2. The molecule has 2 aromatic carbocycles. The summed E-state index contributed by atoms with van der Waals surface area (Å²) in [6.07, 6.45) is 1.98. The highest BCUT2D eigenvalue weighted by Gasteiger charge is 2.25. The first-order valence-corrected chi connectivity index (χ1v) is 11.3. The van der Waals surface area contributed by atoms with E-state index < -0.39 is 0 Å². The van der Waals surface area contributed by atoms with Gasteiger partial charge in [0.25, 0.3) is 0 Å². The predicted octanol–water partition coefficient (Wildman–Crippen LogP) is 8.56. The Morgan fingerprint density at radius 2 is 1.13 bits per heavy atom. The normalized spacial score (nSPS) is 12.8. The molecule has 0 aliphatic heterocycles. The molecule has 0 amide bonds. The summed E-state index contributed by atoms with van der Waals surface area (Å²) in [7, 11) is 0. The Morgan fingerprint density at radius 3 is 1.48 bits per heavy atom. The van der Waals surface area contributed by atoms with Crippen molar-refractivity contribution >= 4 is 34.3 Å². The molecule has 2 aromatic rings. The smallest absolute Gasteiger partial charge is 0.122 e. The number of rotatable bonds is 3. The van der Waals surface area contributed by atoms with E-state index in [1.807, 2.05) is 51.1 Å². The van der Waals surface area contributed by atoms with Gasteiger partial charge in [0.15, 0.2) is 0 Å². The van der Waals surface area contributed by atoms with Crippen LogP contribution in [0.15, 0.2) is 34.8 Å². The van der Waals surface area contributed by atoms with E-state index in [9.17, 15) is 10.2 Å². The summed E-state index contributed by atoms with van der Waals surface area (Å²) in [5, 5.41) is 21.3. The van der Waals surface area contributed by atoms with Crippen molar-refractivity contribution in [2.45, 2.75) is 73.1 Å². The molecule has 0 saturated heterocycles. The van der Waals surface area contributed by atoms with Gasteiger partial charge in [-0.2, -0.15) is 0 Å². The Labute approximate surface area is 197 Å². The van der Waals surface area contributed by atoms with Gasteiger partial charge < -0.3 is 10.2 Å². The molecule has 0 aromatic heterocycles. The van der Waals surface area contributed by atoms with Crippen molar-refractivity contribution in [3.8, 4) is 11.5 Å². The molecule has 2 N–H and O–H groups in total. The maximum atomic E-state index is 10.7. The molecule has 0 radical (unpaired) electrons. The van der Waals surface area contributed by atoms with Gasteiger partial charge in [0, 0.05) is 16.7 Å². The van der Waals surface area contributed by atoms with Crippen LogP contribution in [0.3, 0.4) is 0 Å². The summed E-state index contributed by atoms with van der Waals surface area (Å²) in [4.78, 5) is 0. The van der Waals surface area contributed by atoms with E-state index in [1.165, 1.54) is 0 Å². The van der Waals surface area contributed by atoms with Crippen LogP contribution >= 0.6 is 23.2 Å². The maximum absolute atomic E-state index is 10.7. The van der Waals surface area contributed by atoms with Crippen molar-refractivity contribution in [3.05, 3.63) is 68.2 Å². The zero-order valence-electron chi connectivity index (χ0n) is 20.0. The van der Waals surface area contributed by atoms with Crippen molar-refractivity contribution in [2.75, 3.05) is 0 Å². The molecule has 0 unspecified atom stereocenters. The summed E-state index contributed by atoms with van der Waals surface area (Å²) in [6.45, 7) is 18.1. The Kier molecular flexibility index (Phi) is 7.30. The lowest BCUT2D eigenvalue weighted by atomic mass is 9.80. The van der Waals surface area contributed by atoms with Crippen molar-refractivity contribution in [3.63, 3.8) is 0 Å². The molecule has 0 saturated carbocycles. The number of phenolic OH excluding ortho intramolecular Hbond substituents is 2. The minimum Gasteiger partial charge on any atom is -0.507 e. The van der Waals surface area contributed by atoms with Gasteiger partial charge in [-0.1, -0.05) is 70.8 Å². The average Bonchev–Trinajstić information content (AvgIpc) is 2.61. The monoisotopic (exact) mass is 460 g/mol. The molecule has 0 aliphatic rings. The van der Waals surface area contributed by atoms with Gasteiger partial charge >= 0.3 is 0 Å². The number of halogens is 2. The van der Waals surface area contributed by atoms with Gasteiger partial charge in [-0.3, -0.25) is 0 Å². The van der Waals surface area contributed by atoms with Gasteiger partial charge in [-0.05, 0) is 83.7 Å². The second-order valence-electron chi connectivity index (χ2n) is 10.2. The number of aryl methyl sites for hydroxylation is 2. The number of benzene rings is 2. The summed E-state index contributed by atoms with van der Waals surface area (Å²) < 4.78 is 0.154. The van der Waals surface area contributed by atoms with Crippen LogP contribution < -0.4 is 0 Å². The first-order chi connectivity index (χ1) is 14.1. The van der Waals surface area contributed by atoms with Crippen LogP contribution in [-0.4, -0.2) is 10.2 Å². The molecule has 0 aliphatic carbocycles. The highest BCUT2D eigenvalue weighted by Crippen LogP contribution is 2.44. The molecule has 31 heavy (non-hydrogen) atoms. The third kappa shape index (κ3) is 5.30. The van der Waals surface area contributed by atoms with E-state index in [2.05, 4.69) is 41.5 Å². The van der Waals surface area contributed by atoms with E-state index in [0.29, 0.717) is 17.1 Å². The van der Waals surface area contributed by atoms with Crippen LogP contribution in [0.2, 0.25) is 0 Å². The number of hydrogen-bond acceptors (Lipinski definition) is 2. The molecule has 2 rings (SSSR count). The lowest BCUT2D eigenvalue weighted by Crippen LogP contribution is -2.13. The lowest BCUT2D eigenvalue weighted by molar-refractivity contribution is 0.442. The largest absolute Gasteiger partial charge is 0.507 e. The van der Waals surface area contributed by atoms with Crippen molar-refractivity contribution in [2.24, 2.45) is 0 Å². The van der Waals surface area contributed by atoms with Gasteiger partial charge in [-0.25, -0.2) is 0 Å². The van der Waals surface area contributed by atoms with E-state index in [1.54, 1.807) is 0 Å². The molecule has 0 atom stereocenters. The molecule has 4 heteroatoms. The molecule has 0 fully saturated rings. The summed E-state index contributed by atoms with van der Waals surface area (Å²) in [5.41, 5.74) is 6.13. The fraction of sp³-hybridized carbons (Fsp3) is 0.407. The van der Waals surface area contributed by atoms with Gasteiger partial charge in [0.2, 0.25) is 0 Å². The van der Waals surface area contributed by atoms with Crippen LogP contribution in [-0.2, 0) is 10.8 Å². The molecule has 168 valence electrons. The summed E-state index contributed by atoms with van der Waals surface area (Å²) in [5.74, 6) is 0.600. The van der Waals surface area contributed by atoms with Crippen LogP contribution in [0.1, 0.15) is 81.8 Å². The average molecular weight is 461 g/mol. The fourth-order valence-corrected chi connectivity index (χ4v) is 4.25. The number of aromatic hydroxyl groups is 2. The van der Waals surface area contributed by atoms with E-state index >= 15 is 0 Å². The third-order valence-corrected chi connectivity index (χ3v) is 5.94. The van der Waals surface area contributed by atoms with Crippen molar-refractivity contribution < 1.29 is 10.2 Å². The Hall–Kier alpha value is -1.90. The summed E-state index contributed by atoms with van der Waals surface area (Å²) in [6, 6.07) is 7.83. The lowest BCUT2D eigenvalue weighted by Gasteiger charge is -2.25. The van der Waals surface area contributed by atoms with E-state index in [4.69, 9.17) is 23.2 Å². The Morgan fingerprint density at radius 1 is 0.742 bits per heavy atom. The van der Waals surface area contributed by atoms with Gasteiger partial charge in [0.05, 0.1) is 0 Å². The van der Waals surface area contributed by atoms with Gasteiger partial charge in [-0.15, -0.1) is 0 Å². The van der Waals surface area contributed by atoms with Gasteiger partial charge in [0.1, 0.15) is 16.0 Å². The van der Waals surface area contributed by atoms with Crippen molar-refractivity contribution in [1.29, 1.82) is 0 Å². The second kappa shape index (κ2) is 8.92. The Bertz CT molecular complexity index is 1060. The Balaban J connectivity index is 2.82. The topological polar surface area (TPSA) is 40.5 Å². The standard InChI is InChI=1S/C27H34Cl2O2/c1-10-19(17-11-15(2)23(30)20(13-17)26(4,5)6)22(25(28)29)18-12-16(3)24(31)21(14-18)27(7,8)9/h10-14,30-31H,1-9H3. The zero-order valence-corrected chi connectivity index (χ0v) is 21.5.